The number of H-pyrrole nitrogens is 1. The number of aromatic amines is 1. The fourth-order valence-electron chi connectivity index (χ4n) is 1.84. The molecule has 6 nitrogen and oxygen atoms in total. The molecule has 114 valence electrons. The maximum absolute atomic E-state index is 13.3. The molecule has 0 aliphatic heterocycles. The lowest BCUT2D eigenvalue weighted by Crippen LogP contribution is -2.12. The van der Waals surface area contributed by atoms with Gasteiger partial charge in [-0.25, -0.2) is 12.8 Å². The second-order valence-corrected chi connectivity index (χ2v) is 6.94. The van der Waals surface area contributed by atoms with Gasteiger partial charge in [-0.2, -0.15) is 5.26 Å². The molecule has 1 aromatic carbocycles. The molecule has 0 saturated heterocycles. The van der Waals surface area contributed by atoms with Crippen LogP contribution in [0.4, 0.5) is 10.1 Å². The molecule has 0 radical (unpaired) electrons. The van der Waals surface area contributed by atoms with Gasteiger partial charge in [0.15, 0.2) is 0 Å². The van der Waals surface area contributed by atoms with E-state index in [2.05, 4.69) is 10.3 Å². The average molecular weight is 342 g/mol. The van der Waals surface area contributed by atoms with Crippen LogP contribution < -0.4 is 5.32 Å². The molecular formula is C13H9ClFN3O3S. The molecule has 0 saturated carbocycles. The zero-order valence-corrected chi connectivity index (χ0v) is 12.7. The van der Waals surface area contributed by atoms with Crippen molar-refractivity contribution in [2.75, 3.05) is 5.32 Å². The fraction of sp³-hybridized carbons (Fsp3) is 0.0769. The van der Waals surface area contributed by atoms with Crippen LogP contribution in [0.25, 0.3) is 0 Å². The minimum absolute atomic E-state index is 0.0435. The van der Waals surface area contributed by atoms with Crippen LogP contribution in [0.15, 0.2) is 29.2 Å². The average Bonchev–Trinajstić information content (AvgIpc) is 2.80. The Bertz CT molecular complexity index is 900. The summed E-state index contributed by atoms with van der Waals surface area (Å²) in [5.41, 5.74) is 0.266. The Morgan fingerprint density at radius 1 is 1.36 bits per heavy atom. The number of anilines is 1. The van der Waals surface area contributed by atoms with Gasteiger partial charge in [-0.05, 0) is 31.2 Å². The van der Waals surface area contributed by atoms with Gasteiger partial charge >= 0.3 is 0 Å². The number of carbonyl (C=O) groups is 1. The smallest absolute Gasteiger partial charge is 0.272 e. The fourth-order valence-corrected chi connectivity index (χ4v) is 3.00. The lowest BCUT2D eigenvalue weighted by molar-refractivity contribution is 0.102. The van der Waals surface area contributed by atoms with Crippen molar-refractivity contribution in [1.82, 2.24) is 4.98 Å². The minimum atomic E-state index is -3.98. The summed E-state index contributed by atoms with van der Waals surface area (Å²) in [6.07, 6.45) is 0. The quantitative estimate of drug-likeness (QED) is 0.837. The van der Waals surface area contributed by atoms with Gasteiger partial charge in [-0.3, -0.25) is 4.79 Å². The van der Waals surface area contributed by atoms with Crippen molar-refractivity contribution >= 4 is 31.3 Å². The Morgan fingerprint density at radius 3 is 2.59 bits per heavy atom. The van der Waals surface area contributed by atoms with E-state index in [0.29, 0.717) is 0 Å². The minimum Gasteiger partial charge on any atom is -0.353 e. The topological polar surface area (TPSA) is 103 Å². The molecule has 2 rings (SSSR count). The lowest BCUT2D eigenvalue weighted by atomic mass is 10.2. The van der Waals surface area contributed by atoms with E-state index < -0.39 is 20.8 Å². The van der Waals surface area contributed by atoms with E-state index in [9.17, 15) is 17.6 Å². The van der Waals surface area contributed by atoms with Crippen molar-refractivity contribution in [3.63, 3.8) is 0 Å². The SMILES string of the molecule is Cc1[nH]c(C(=O)Nc2cc(F)cc(C#N)c2)cc1S(=O)(=O)Cl. The van der Waals surface area contributed by atoms with Crippen LogP contribution >= 0.6 is 10.7 Å². The van der Waals surface area contributed by atoms with Gasteiger partial charge in [0.25, 0.3) is 15.0 Å². The van der Waals surface area contributed by atoms with Crippen molar-refractivity contribution in [3.8, 4) is 6.07 Å². The molecule has 9 heteroatoms. The molecule has 1 aromatic heterocycles. The number of aromatic nitrogens is 1. The van der Waals surface area contributed by atoms with Gasteiger partial charge in [0, 0.05) is 22.1 Å². The van der Waals surface area contributed by atoms with Crippen molar-refractivity contribution in [3.05, 3.63) is 47.0 Å². The maximum Gasteiger partial charge on any atom is 0.272 e. The van der Waals surface area contributed by atoms with Crippen molar-refractivity contribution in [2.24, 2.45) is 0 Å². The summed E-state index contributed by atoms with van der Waals surface area (Å²) in [4.78, 5) is 14.4. The first kappa shape index (κ1) is 16.0. The Balaban J connectivity index is 2.31. The number of amides is 1. The van der Waals surface area contributed by atoms with Crippen LogP contribution in [0.1, 0.15) is 21.7 Å². The van der Waals surface area contributed by atoms with Crippen molar-refractivity contribution in [1.29, 1.82) is 5.26 Å². The third kappa shape index (κ3) is 3.44. The first-order chi connectivity index (χ1) is 10.2. The molecule has 1 amide bonds. The maximum atomic E-state index is 13.3. The summed E-state index contributed by atoms with van der Waals surface area (Å²) in [7, 11) is 1.26. The molecule has 0 atom stereocenters. The van der Waals surface area contributed by atoms with Crippen molar-refractivity contribution < 1.29 is 17.6 Å². The van der Waals surface area contributed by atoms with E-state index in [-0.39, 0.29) is 27.5 Å². The summed E-state index contributed by atoms with van der Waals surface area (Å²) in [5, 5.41) is 11.1. The molecule has 0 bridgehead atoms. The van der Waals surface area contributed by atoms with Crippen LogP contribution in [-0.2, 0) is 9.05 Å². The van der Waals surface area contributed by atoms with E-state index in [0.717, 1.165) is 18.2 Å². The third-order valence-corrected chi connectivity index (χ3v) is 4.21. The summed E-state index contributed by atoms with van der Waals surface area (Å²) >= 11 is 0. The first-order valence-electron chi connectivity index (χ1n) is 5.87. The summed E-state index contributed by atoms with van der Waals surface area (Å²) < 4.78 is 35.9. The number of nitrogens with zero attached hydrogens (tertiary/aromatic N) is 1. The van der Waals surface area contributed by atoms with Gasteiger partial charge in [0.1, 0.15) is 16.4 Å². The number of benzene rings is 1. The van der Waals surface area contributed by atoms with Crippen LogP contribution in [-0.4, -0.2) is 19.3 Å². The van der Waals surface area contributed by atoms with Crippen LogP contribution in [0.5, 0.6) is 0 Å². The third-order valence-electron chi connectivity index (χ3n) is 2.76. The highest BCUT2D eigenvalue weighted by Crippen LogP contribution is 2.21. The van der Waals surface area contributed by atoms with E-state index in [1.165, 1.54) is 13.0 Å². The monoisotopic (exact) mass is 341 g/mol. The van der Waals surface area contributed by atoms with Gasteiger partial charge in [-0.1, -0.05) is 0 Å². The van der Waals surface area contributed by atoms with E-state index in [1.54, 1.807) is 6.07 Å². The Labute approximate surface area is 129 Å². The Kier molecular flexibility index (Phi) is 4.21. The predicted octanol–water partition coefficient (Wildman–Crippen LogP) is 2.51. The Morgan fingerprint density at radius 2 is 2.05 bits per heavy atom. The Hall–Kier alpha value is -2.37. The first-order valence-corrected chi connectivity index (χ1v) is 8.18. The van der Waals surface area contributed by atoms with Crippen LogP contribution in [0, 0.1) is 24.1 Å². The van der Waals surface area contributed by atoms with Gasteiger partial charge < -0.3 is 10.3 Å². The second-order valence-electron chi connectivity index (χ2n) is 4.40. The molecule has 0 unspecified atom stereocenters. The molecule has 0 spiro atoms. The molecule has 0 aliphatic rings. The zero-order chi connectivity index (χ0) is 16.5. The molecule has 22 heavy (non-hydrogen) atoms. The van der Waals surface area contributed by atoms with Gasteiger partial charge in [-0.15, -0.1) is 0 Å². The highest BCUT2D eigenvalue weighted by molar-refractivity contribution is 8.13. The number of hydrogen-bond acceptors (Lipinski definition) is 4. The van der Waals surface area contributed by atoms with E-state index >= 15 is 0 Å². The number of nitriles is 1. The highest BCUT2D eigenvalue weighted by Gasteiger charge is 2.20. The number of aryl methyl sites for hydroxylation is 1. The van der Waals surface area contributed by atoms with Crippen molar-refractivity contribution in [2.45, 2.75) is 11.8 Å². The number of halogens is 2. The summed E-state index contributed by atoms with van der Waals surface area (Å²) in [6.45, 7) is 1.45. The predicted molar refractivity (Wildman–Crippen MR) is 77.6 cm³/mol. The van der Waals surface area contributed by atoms with E-state index in [1.807, 2.05) is 0 Å². The van der Waals surface area contributed by atoms with E-state index in [4.69, 9.17) is 15.9 Å². The van der Waals surface area contributed by atoms with Crippen LogP contribution in [0.3, 0.4) is 0 Å². The number of rotatable bonds is 3. The molecule has 0 aliphatic carbocycles. The molecule has 0 fully saturated rings. The molecule has 1 heterocycles. The standard InChI is InChI=1S/C13H9ClFN3O3S/c1-7-12(22(14,20)21)5-11(17-7)13(19)18-10-3-8(6-16)2-9(15)4-10/h2-5,17H,1H3,(H,18,19). The molecular weight excluding hydrogens is 333 g/mol. The zero-order valence-electron chi connectivity index (χ0n) is 11.1. The number of carbonyl (C=O) groups excluding carboxylic acids is 1. The highest BCUT2D eigenvalue weighted by atomic mass is 35.7. The lowest BCUT2D eigenvalue weighted by Gasteiger charge is -2.04. The largest absolute Gasteiger partial charge is 0.353 e. The molecule has 2 aromatic rings. The second kappa shape index (κ2) is 5.79. The van der Waals surface area contributed by atoms with Gasteiger partial charge in [0.05, 0.1) is 11.6 Å². The van der Waals surface area contributed by atoms with Gasteiger partial charge in [0.2, 0.25) is 0 Å². The summed E-state index contributed by atoms with van der Waals surface area (Å²) in [6, 6.07) is 6.18. The normalized spacial score (nSPS) is 11.0. The number of hydrogen-bond donors (Lipinski definition) is 2. The number of nitrogens with one attached hydrogen (secondary N) is 2. The van der Waals surface area contributed by atoms with Crippen LogP contribution in [0.2, 0.25) is 0 Å². The summed E-state index contributed by atoms with van der Waals surface area (Å²) in [5.74, 6) is -1.37. The molecule has 2 N–H and O–H groups in total.